The number of amides is 2. The summed E-state index contributed by atoms with van der Waals surface area (Å²) >= 11 is 0. The highest BCUT2D eigenvalue weighted by molar-refractivity contribution is 5.91. The molecular formula is C27H31FN8O2. The van der Waals surface area contributed by atoms with Crippen LogP contribution in [0.15, 0.2) is 61.1 Å². The summed E-state index contributed by atoms with van der Waals surface area (Å²) in [5, 5.41) is 15.3. The molecular weight excluding hydrogens is 487 g/mol. The highest BCUT2D eigenvalue weighted by atomic mass is 19.1. The molecule has 38 heavy (non-hydrogen) atoms. The number of halogens is 1. The Morgan fingerprint density at radius 2 is 1.97 bits per heavy atom. The minimum Gasteiger partial charge on any atom is -0.383 e. The molecule has 4 heterocycles. The summed E-state index contributed by atoms with van der Waals surface area (Å²) in [5.74, 6) is 0.0850. The van der Waals surface area contributed by atoms with Gasteiger partial charge in [-0.2, -0.15) is 10.2 Å². The molecule has 0 aliphatic carbocycles. The van der Waals surface area contributed by atoms with Crippen molar-refractivity contribution >= 4 is 11.8 Å². The topological polar surface area (TPSA) is 102 Å². The number of carbonyl (C=O) groups excluding carboxylic acids is 1. The van der Waals surface area contributed by atoms with Crippen molar-refractivity contribution in [2.45, 2.75) is 18.9 Å². The summed E-state index contributed by atoms with van der Waals surface area (Å²) in [7, 11) is 3.51. The van der Waals surface area contributed by atoms with E-state index in [4.69, 9.17) is 9.84 Å². The monoisotopic (exact) mass is 518 g/mol. The van der Waals surface area contributed by atoms with Crippen molar-refractivity contribution in [1.29, 1.82) is 0 Å². The van der Waals surface area contributed by atoms with E-state index in [0.29, 0.717) is 25.5 Å². The minimum atomic E-state index is -0.390. The van der Waals surface area contributed by atoms with E-state index in [0.717, 1.165) is 34.7 Å². The van der Waals surface area contributed by atoms with Gasteiger partial charge >= 0.3 is 6.03 Å². The molecule has 0 radical (unpaired) electrons. The zero-order chi connectivity index (χ0) is 26.6. The van der Waals surface area contributed by atoms with Crippen LogP contribution in [0.4, 0.5) is 15.0 Å². The second kappa shape index (κ2) is 11.1. The molecule has 11 heteroatoms. The number of aryl methyl sites for hydroxylation is 1. The van der Waals surface area contributed by atoms with E-state index in [9.17, 15) is 9.18 Å². The number of ether oxygens (including phenoxy) is 1. The van der Waals surface area contributed by atoms with Crippen LogP contribution in [0.2, 0.25) is 0 Å². The number of rotatable bonds is 8. The molecule has 198 valence electrons. The van der Waals surface area contributed by atoms with Crippen molar-refractivity contribution in [3.05, 3.63) is 78.1 Å². The molecule has 0 saturated carbocycles. The maximum absolute atomic E-state index is 13.5. The van der Waals surface area contributed by atoms with E-state index >= 15 is 0 Å². The van der Waals surface area contributed by atoms with Crippen LogP contribution in [-0.4, -0.2) is 74.9 Å². The molecule has 0 bridgehead atoms. The van der Waals surface area contributed by atoms with E-state index in [2.05, 4.69) is 25.6 Å². The fourth-order valence-corrected chi connectivity index (χ4v) is 4.87. The Hall–Kier alpha value is -4.09. The molecule has 2 atom stereocenters. The highest BCUT2D eigenvalue weighted by Crippen LogP contribution is 2.31. The summed E-state index contributed by atoms with van der Waals surface area (Å²) in [6.07, 6.45) is 4.86. The van der Waals surface area contributed by atoms with Crippen LogP contribution in [-0.2, 0) is 11.8 Å². The molecule has 0 spiro atoms. The van der Waals surface area contributed by atoms with Gasteiger partial charge in [0.15, 0.2) is 0 Å². The predicted octanol–water partition coefficient (Wildman–Crippen LogP) is 3.35. The summed E-state index contributed by atoms with van der Waals surface area (Å²) in [4.78, 5) is 19.9. The fourth-order valence-electron chi connectivity index (χ4n) is 4.87. The Bertz CT molecular complexity index is 1390. The zero-order valence-corrected chi connectivity index (χ0v) is 21.6. The summed E-state index contributed by atoms with van der Waals surface area (Å²) in [6.45, 7) is 4.53. The van der Waals surface area contributed by atoms with E-state index in [-0.39, 0.29) is 23.8 Å². The molecule has 3 aromatic heterocycles. The van der Waals surface area contributed by atoms with Crippen molar-refractivity contribution in [3.8, 4) is 16.9 Å². The fraction of sp³-hybridized carbons (Fsp3) is 0.333. The van der Waals surface area contributed by atoms with Gasteiger partial charge in [0.1, 0.15) is 17.3 Å². The van der Waals surface area contributed by atoms with Crippen molar-refractivity contribution in [2.75, 3.05) is 38.7 Å². The van der Waals surface area contributed by atoms with Crippen LogP contribution in [0.5, 0.6) is 0 Å². The van der Waals surface area contributed by atoms with Gasteiger partial charge in [-0.05, 0) is 31.2 Å². The lowest BCUT2D eigenvalue weighted by molar-refractivity contribution is 0.159. The van der Waals surface area contributed by atoms with Crippen molar-refractivity contribution in [2.24, 2.45) is 7.05 Å². The van der Waals surface area contributed by atoms with E-state index in [1.54, 1.807) is 28.7 Å². The molecule has 1 aliphatic rings. The molecule has 5 rings (SSSR count). The number of likely N-dealkylation sites (tertiary alicyclic amines) is 1. The Labute approximate surface area is 220 Å². The lowest BCUT2D eigenvalue weighted by Gasteiger charge is -2.20. The number of hydrogen-bond donors (Lipinski definition) is 2. The first-order chi connectivity index (χ1) is 18.4. The first kappa shape index (κ1) is 25.6. The van der Waals surface area contributed by atoms with Gasteiger partial charge in [-0.1, -0.05) is 18.2 Å². The summed E-state index contributed by atoms with van der Waals surface area (Å²) in [5.41, 5.74) is 3.97. The van der Waals surface area contributed by atoms with E-state index in [1.165, 1.54) is 12.3 Å². The van der Waals surface area contributed by atoms with Crippen molar-refractivity contribution in [3.63, 3.8) is 0 Å². The number of hydrogen-bond acceptors (Lipinski definition) is 6. The molecule has 1 saturated heterocycles. The number of methoxy groups -OCH3 is 1. The van der Waals surface area contributed by atoms with Crippen LogP contribution < -0.4 is 10.6 Å². The summed E-state index contributed by atoms with van der Waals surface area (Å²) < 4.78 is 22.2. The molecule has 1 aliphatic heterocycles. The number of benzene rings is 1. The first-order valence-electron chi connectivity index (χ1n) is 12.5. The van der Waals surface area contributed by atoms with Crippen LogP contribution in [0.25, 0.3) is 16.9 Å². The Balaban J connectivity index is 1.41. The SMILES string of the molecule is COCCN1CC(NC(=O)Nc2c(C)c(-c3cnn(C)c3)nn2-c2ccccc2)C(c2ccc(F)cn2)C1. The number of anilines is 1. The van der Waals surface area contributed by atoms with Gasteiger partial charge in [0.2, 0.25) is 0 Å². The lowest BCUT2D eigenvalue weighted by Crippen LogP contribution is -2.42. The van der Waals surface area contributed by atoms with Gasteiger partial charge in [-0.15, -0.1) is 0 Å². The van der Waals surface area contributed by atoms with Gasteiger partial charge in [0.25, 0.3) is 0 Å². The molecule has 4 aromatic rings. The predicted molar refractivity (Wildman–Crippen MR) is 142 cm³/mol. The van der Waals surface area contributed by atoms with Crippen LogP contribution in [0, 0.1) is 12.7 Å². The highest BCUT2D eigenvalue weighted by Gasteiger charge is 2.36. The quantitative estimate of drug-likeness (QED) is 0.371. The van der Waals surface area contributed by atoms with E-state index < -0.39 is 0 Å². The number of urea groups is 1. The number of nitrogens with zero attached hydrogens (tertiary/aromatic N) is 6. The van der Waals surface area contributed by atoms with Crippen LogP contribution in [0.3, 0.4) is 0 Å². The lowest BCUT2D eigenvalue weighted by atomic mass is 9.99. The largest absolute Gasteiger partial charge is 0.383 e. The van der Waals surface area contributed by atoms with Gasteiger partial charge in [-0.25, -0.2) is 13.9 Å². The van der Waals surface area contributed by atoms with Gasteiger partial charge < -0.3 is 10.1 Å². The maximum Gasteiger partial charge on any atom is 0.320 e. The third kappa shape index (κ3) is 5.43. The normalized spacial score (nSPS) is 17.6. The van der Waals surface area contributed by atoms with Crippen molar-refractivity contribution < 1.29 is 13.9 Å². The first-order valence-corrected chi connectivity index (χ1v) is 12.5. The standard InChI is InChI=1S/C27H31FN8O2/c1-18-25(19-13-30-34(2)15-19)33-36(21-7-5-4-6-8-21)26(18)32-27(37)31-24-17-35(11-12-38-3)16-22(24)23-10-9-20(28)14-29-23/h4-10,13-15,22,24H,11-12,16-17H2,1-3H3,(H2,31,32,37). The maximum atomic E-state index is 13.5. The summed E-state index contributed by atoms with van der Waals surface area (Å²) in [6, 6.07) is 12.2. The number of nitrogens with one attached hydrogen (secondary N) is 2. The molecule has 2 unspecified atom stereocenters. The number of pyridine rings is 1. The third-order valence-electron chi connectivity index (χ3n) is 6.79. The van der Waals surface area contributed by atoms with E-state index in [1.807, 2.05) is 50.5 Å². The third-order valence-corrected chi connectivity index (χ3v) is 6.79. The average Bonchev–Trinajstić information content (AvgIpc) is 3.61. The van der Waals surface area contributed by atoms with Crippen LogP contribution in [0.1, 0.15) is 17.2 Å². The number of carbonyl (C=O) groups is 1. The Morgan fingerprint density at radius 3 is 2.66 bits per heavy atom. The second-order valence-corrected chi connectivity index (χ2v) is 9.44. The molecule has 1 fully saturated rings. The number of para-hydroxylation sites is 1. The smallest absolute Gasteiger partial charge is 0.320 e. The molecule has 1 aromatic carbocycles. The van der Waals surface area contributed by atoms with Gasteiger partial charge in [0, 0.05) is 62.7 Å². The Morgan fingerprint density at radius 1 is 1.16 bits per heavy atom. The average molecular weight is 519 g/mol. The zero-order valence-electron chi connectivity index (χ0n) is 21.6. The molecule has 2 amide bonds. The molecule has 2 N–H and O–H groups in total. The Kier molecular flexibility index (Phi) is 7.47. The second-order valence-electron chi connectivity index (χ2n) is 9.44. The van der Waals surface area contributed by atoms with Gasteiger partial charge in [-0.3, -0.25) is 19.9 Å². The van der Waals surface area contributed by atoms with Crippen molar-refractivity contribution in [1.82, 2.24) is 34.8 Å². The molecule has 10 nitrogen and oxygen atoms in total. The van der Waals surface area contributed by atoms with Gasteiger partial charge in [0.05, 0.1) is 30.7 Å². The number of aromatic nitrogens is 5. The van der Waals surface area contributed by atoms with Crippen LogP contribution >= 0.6 is 0 Å². The minimum absolute atomic E-state index is 0.0932.